The summed E-state index contributed by atoms with van der Waals surface area (Å²) in [6.07, 6.45) is 2.72. The van der Waals surface area contributed by atoms with E-state index >= 15 is 0 Å². The van der Waals surface area contributed by atoms with Gasteiger partial charge in [0.1, 0.15) is 5.82 Å². The van der Waals surface area contributed by atoms with E-state index < -0.39 is 5.91 Å². The number of rotatable bonds is 8. The zero-order valence-corrected chi connectivity index (χ0v) is 18.0. The molecule has 0 saturated carbocycles. The van der Waals surface area contributed by atoms with Crippen LogP contribution < -0.4 is 10.6 Å². The SMILES string of the molecule is CSCCC(NC(=O)CNC(=O)c1ccc(Cl)cc1Cl)c1nc2ccccc2[nH]1. The summed E-state index contributed by atoms with van der Waals surface area (Å²) in [6, 6.07) is 12.0. The molecule has 0 radical (unpaired) electrons. The number of amides is 2. The van der Waals surface area contributed by atoms with Gasteiger partial charge < -0.3 is 15.6 Å². The van der Waals surface area contributed by atoms with E-state index in [-0.39, 0.29) is 29.1 Å². The van der Waals surface area contributed by atoms with Gasteiger partial charge in [0, 0.05) is 5.02 Å². The van der Waals surface area contributed by atoms with Gasteiger partial charge in [-0.15, -0.1) is 0 Å². The number of fused-ring (bicyclic) bond motifs is 1. The Balaban J connectivity index is 1.64. The number of aromatic nitrogens is 2. The predicted molar refractivity (Wildman–Crippen MR) is 119 cm³/mol. The summed E-state index contributed by atoms with van der Waals surface area (Å²) in [4.78, 5) is 32.6. The second-order valence-corrected chi connectivity index (χ2v) is 8.18. The van der Waals surface area contributed by atoms with Gasteiger partial charge in [0.25, 0.3) is 5.91 Å². The average Bonchev–Trinajstić information content (AvgIpc) is 3.13. The van der Waals surface area contributed by atoms with Crippen molar-refractivity contribution < 1.29 is 9.59 Å². The molecule has 6 nitrogen and oxygen atoms in total. The summed E-state index contributed by atoms with van der Waals surface area (Å²) in [5.74, 6) is 0.802. The van der Waals surface area contributed by atoms with Gasteiger partial charge in [-0.25, -0.2) is 4.98 Å². The van der Waals surface area contributed by atoms with E-state index in [0.717, 1.165) is 16.8 Å². The highest BCUT2D eigenvalue weighted by Gasteiger charge is 2.19. The molecule has 1 unspecified atom stereocenters. The molecule has 3 aromatic rings. The molecule has 3 N–H and O–H groups in total. The molecule has 0 aliphatic rings. The molecule has 2 aromatic carbocycles. The first-order valence-corrected chi connectivity index (χ1v) is 11.1. The highest BCUT2D eigenvalue weighted by atomic mass is 35.5. The lowest BCUT2D eigenvalue weighted by molar-refractivity contribution is -0.120. The van der Waals surface area contributed by atoms with Gasteiger partial charge in [-0.1, -0.05) is 35.3 Å². The second-order valence-electron chi connectivity index (χ2n) is 6.35. The number of carbonyl (C=O) groups excluding carboxylic acids is 2. The zero-order valence-electron chi connectivity index (χ0n) is 15.7. The molecule has 1 aromatic heterocycles. The maximum absolute atomic E-state index is 12.5. The Bertz CT molecular complexity index is 992. The van der Waals surface area contributed by atoms with Gasteiger partial charge in [-0.3, -0.25) is 9.59 Å². The number of para-hydroxylation sites is 2. The molecule has 0 fully saturated rings. The van der Waals surface area contributed by atoms with Crippen LogP contribution in [0.4, 0.5) is 0 Å². The normalized spacial score (nSPS) is 12.0. The molecular formula is C20H20Cl2N4O2S. The highest BCUT2D eigenvalue weighted by molar-refractivity contribution is 7.98. The standard InChI is InChI=1S/C20H20Cl2N4O2S/c1-29-9-8-17(19-25-15-4-2-3-5-16(15)26-19)24-18(27)11-23-20(28)13-7-6-12(21)10-14(13)22/h2-7,10,17H,8-9,11H2,1H3,(H,23,28)(H,24,27)(H,25,26). The van der Waals surface area contributed by atoms with Crippen LogP contribution in [0, 0.1) is 0 Å². The number of benzene rings is 2. The van der Waals surface area contributed by atoms with Crippen molar-refractivity contribution in [1.82, 2.24) is 20.6 Å². The maximum Gasteiger partial charge on any atom is 0.253 e. The van der Waals surface area contributed by atoms with Crippen molar-refractivity contribution in [3.8, 4) is 0 Å². The van der Waals surface area contributed by atoms with Gasteiger partial charge in [0.05, 0.1) is 34.2 Å². The molecule has 3 rings (SSSR count). The van der Waals surface area contributed by atoms with E-state index in [0.29, 0.717) is 17.3 Å². The quantitative estimate of drug-likeness (QED) is 0.479. The summed E-state index contributed by atoms with van der Waals surface area (Å²) < 4.78 is 0. The smallest absolute Gasteiger partial charge is 0.253 e. The van der Waals surface area contributed by atoms with Crippen molar-refractivity contribution in [3.05, 3.63) is 63.9 Å². The lowest BCUT2D eigenvalue weighted by Gasteiger charge is -2.16. The average molecular weight is 451 g/mol. The third-order valence-electron chi connectivity index (χ3n) is 4.27. The number of hydrogen-bond acceptors (Lipinski definition) is 4. The summed E-state index contributed by atoms with van der Waals surface area (Å²) in [5, 5.41) is 6.20. The molecule has 1 heterocycles. The van der Waals surface area contributed by atoms with Gasteiger partial charge in [-0.2, -0.15) is 11.8 Å². The van der Waals surface area contributed by atoms with Crippen LogP contribution >= 0.6 is 35.0 Å². The molecule has 29 heavy (non-hydrogen) atoms. The van der Waals surface area contributed by atoms with Crippen molar-refractivity contribution in [2.24, 2.45) is 0 Å². The number of H-pyrrole nitrogens is 1. The Morgan fingerprint density at radius 3 is 2.72 bits per heavy atom. The van der Waals surface area contributed by atoms with Crippen LogP contribution in [-0.2, 0) is 4.79 Å². The largest absolute Gasteiger partial charge is 0.345 e. The second kappa shape index (κ2) is 10.0. The minimum absolute atomic E-state index is 0.173. The van der Waals surface area contributed by atoms with Crippen LogP contribution in [0.5, 0.6) is 0 Å². The van der Waals surface area contributed by atoms with Crippen molar-refractivity contribution in [3.63, 3.8) is 0 Å². The summed E-state index contributed by atoms with van der Waals surface area (Å²) in [5.41, 5.74) is 2.02. The number of thioether (sulfide) groups is 1. The molecule has 1 atom stereocenters. The van der Waals surface area contributed by atoms with Crippen LogP contribution in [-0.4, -0.2) is 40.3 Å². The highest BCUT2D eigenvalue weighted by Crippen LogP contribution is 2.21. The first-order chi connectivity index (χ1) is 14.0. The fraction of sp³-hybridized carbons (Fsp3) is 0.250. The maximum atomic E-state index is 12.5. The van der Waals surface area contributed by atoms with Crippen LogP contribution in [0.3, 0.4) is 0 Å². The van der Waals surface area contributed by atoms with Gasteiger partial charge >= 0.3 is 0 Å². The van der Waals surface area contributed by atoms with E-state index in [2.05, 4.69) is 20.6 Å². The Hall–Kier alpha value is -2.22. The van der Waals surface area contributed by atoms with Crippen molar-refractivity contribution in [2.75, 3.05) is 18.6 Å². The molecular weight excluding hydrogens is 431 g/mol. The number of carbonyl (C=O) groups is 2. The minimum Gasteiger partial charge on any atom is -0.345 e. The van der Waals surface area contributed by atoms with E-state index in [9.17, 15) is 9.59 Å². The number of hydrogen-bond donors (Lipinski definition) is 3. The van der Waals surface area contributed by atoms with Gasteiger partial charge in [0.15, 0.2) is 0 Å². The molecule has 0 aliphatic carbocycles. The van der Waals surface area contributed by atoms with Crippen LogP contribution in [0.25, 0.3) is 11.0 Å². The predicted octanol–water partition coefficient (Wildman–Crippen LogP) is 4.21. The van der Waals surface area contributed by atoms with Crippen LogP contribution in [0.15, 0.2) is 42.5 Å². The number of imidazole rings is 1. The molecule has 9 heteroatoms. The summed E-state index contributed by atoms with van der Waals surface area (Å²) in [7, 11) is 0. The minimum atomic E-state index is -0.439. The summed E-state index contributed by atoms with van der Waals surface area (Å²) >= 11 is 13.6. The third kappa shape index (κ3) is 5.65. The molecule has 2 amide bonds. The Kier molecular flexibility index (Phi) is 7.41. The van der Waals surface area contributed by atoms with E-state index in [1.807, 2.05) is 30.5 Å². The fourth-order valence-electron chi connectivity index (χ4n) is 2.83. The first-order valence-electron chi connectivity index (χ1n) is 8.94. The molecule has 0 bridgehead atoms. The molecule has 0 spiro atoms. The van der Waals surface area contributed by atoms with Crippen molar-refractivity contribution in [1.29, 1.82) is 0 Å². The van der Waals surface area contributed by atoms with E-state index in [1.54, 1.807) is 17.8 Å². The number of nitrogens with zero attached hydrogens (tertiary/aromatic N) is 1. The number of nitrogens with one attached hydrogen (secondary N) is 3. The third-order valence-corrected chi connectivity index (χ3v) is 5.46. The molecule has 152 valence electrons. The van der Waals surface area contributed by atoms with Gasteiger partial charge in [-0.05, 0) is 48.8 Å². The Morgan fingerprint density at radius 2 is 2.00 bits per heavy atom. The van der Waals surface area contributed by atoms with Crippen molar-refractivity contribution >= 4 is 57.8 Å². The fourth-order valence-corrected chi connectivity index (χ4v) is 3.79. The monoisotopic (exact) mass is 450 g/mol. The van der Waals surface area contributed by atoms with E-state index in [1.165, 1.54) is 12.1 Å². The zero-order chi connectivity index (χ0) is 20.8. The number of aromatic amines is 1. The number of halogens is 2. The topological polar surface area (TPSA) is 86.9 Å². The van der Waals surface area contributed by atoms with E-state index in [4.69, 9.17) is 23.2 Å². The first kappa shape index (κ1) is 21.5. The molecule has 0 aliphatic heterocycles. The Morgan fingerprint density at radius 1 is 1.21 bits per heavy atom. The van der Waals surface area contributed by atoms with Crippen LogP contribution in [0.2, 0.25) is 10.0 Å². The Labute approximate surface area is 182 Å². The van der Waals surface area contributed by atoms with Gasteiger partial charge in [0.2, 0.25) is 5.91 Å². The summed E-state index contributed by atoms with van der Waals surface area (Å²) in [6.45, 7) is -0.173. The lowest BCUT2D eigenvalue weighted by Crippen LogP contribution is -2.39. The van der Waals surface area contributed by atoms with Crippen LogP contribution in [0.1, 0.15) is 28.6 Å². The van der Waals surface area contributed by atoms with Crippen molar-refractivity contribution in [2.45, 2.75) is 12.5 Å². The lowest BCUT2D eigenvalue weighted by atomic mass is 10.2. The molecule has 0 saturated heterocycles.